The molecule has 2 aromatic rings. The number of phenolic OH excluding ortho intramolecular Hbond substituents is 1. The van der Waals surface area contributed by atoms with Gasteiger partial charge in [-0.3, -0.25) is 19.8 Å². The number of piperidine rings is 1. The van der Waals surface area contributed by atoms with Crippen LogP contribution in [0, 0.1) is 17.0 Å². The number of benzene rings is 2. The quantitative estimate of drug-likeness (QED) is 0.254. The van der Waals surface area contributed by atoms with Crippen molar-refractivity contribution in [1.29, 1.82) is 0 Å². The van der Waals surface area contributed by atoms with Gasteiger partial charge in [-0.2, -0.15) is 0 Å². The van der Waals surface area contributed by atoms with E-state index in [1.807, 2.05) is 31.2 Å². The van der Waals surface area contributed by atoms with Crippen LogP contribution in [0.2, 0.25) is 0 Å². The van der Waals surface area contributed by atoms with Crippen LogP contribution in [-0.2, 0) is 16.6 Å². The minimum absolute atomic E-state index is 0.157. The molecule has 2 aromatic carbocycles. The van der Waals surface area contributed by atoms with Crippen molar-refractivity contribution >= 4 is 17.7 Å². The predicted octanol–water partition coefficient (Wildman–Crippen LogP) is 3.49. The summed E-state index contributed by atoms with van der Waals surface area (Å²) in [4.78, 5) is 28.8. The summed E-state index contributed by atoms with van der Waals surface area (Å²) in [6.45, 7) is 7.05. The maximum absolute atomic E-state index is 13.4. The lowest BCUT2D eigenvalue weighted by Gasteiger charge is -2.64. The van der Waals surface area contributed by atoms with Gasteiger partial charge in [-0.1, -0.05) is 35.9 Å². The van der Waals surface area contributed by atoms with Crippen LogP contribution in [0.25, 0.3) is 6.08 Å². The number of carbonyl (C=O) groups is 1. The molecule has 2 aliphatic carbocycles. The fourth-order valence-electron chi connectivity index (χ4n) is 7.84. The number of nitrogens with zero attached hydrogens (tertiary/aromatic N) is 3. The number of aliphatic hydroxyl groups is 1. The van der Waals surface area contributed by atoms with Crippen molar-refractivity contribution in [3.05, 3.63) is 81.4 Å². The summed E-state index contributed by atoms with van der Waals surface area (Å²) >= 11 is 0. The molecule has 1 saturated heterocycles. The molecule has 2 unspecified atom stereocenters. The highest BCUT2D eigenvalue weighted by atomic mass is 16.6. The molecule has 6 rings (SSSR count). The van der Waals surface area contributed by atoms with E-state index in [0.29, 0.717) is 43.5 Å². The summed E-state index contributed by atoms with van der Waals surface area (Å²) in [5.41, 5.74) is 0.695. The molecule has 0 aromatic heterocycles. The lowest BCUT2D eigenvalue weighted by atomic mass is 9.48. The molecular formula is C30H33N3O6. The van der Waals surface area contributed by atoms with E-state index in [0.717, 1.165) is 17.2 Å². The Morgan fingerprint density at radius 1 is 1.36 bits per heavy atom. The Bertz CT molecular complexity index is 1420. The molecule has 2 fully saturated rings. The van der Waals surface area contributed by atoms with Gasteiger partial charge in [0.05, 0.1) is 28.0 Å². The van der Waals surface area contributed by atoms with E-state index in [2.05, 4.69) is 11.5 Å². The molecular weight excluding hydrogens is 498 g/mol. The summed E-state index contributed by atoms with van der Waals surface area (Å²) in [6, 6.07) is 8.25. The number of likely N-dealkylation sites (N-methyl/N-ethyl adjacent to an activating group) is 1. The molecule has 39 heavy (non-hydrogen) atoms. The van der Waals surface area contributed by atoms with Crippen molar-refractivity contribution in [1.82, 2.24) is 9.80 Å². The second kappa shape index (κ2) is 8.93. The van der Waals surface area contributed by atoms with Gasteiger partial charge in [0.25, 0.3) is 5.69 Å². The van der Waals surface area contributed by atoms with Gasteiger partial charge >= 0.3 is 0 Å². The zero-order valence-electron chi connectivity index (χ0n) is 22.2. The highest BCUT2D eigenvalue weighted by Gasteiger charge is 2.74. The Morgan fingerprint density at radius 2 is 2.15 bits per heavy atom. The maximum Gasteiger partial charge on any atom is 0.276 e. The van der Waals surface area contributed by atoms with Crippen molar-refractivity contribution < 1.29 is 24.7 Å². The smallest absolute Gasteiger partial charge is 0.276 e. The van der Waals surface area contributed by atoms with Gasteiger partial charge in [-0.15, -0.1) is 6.58 Å². The van der Waals surface area contributed by atoms with Crippen LogP contribution in [0.1, 0.15) is 41.5 Å². The normalized spacial score (nSPS) is 30.5. The van der Waals surface area contributed by atoms with E-state index in [4.69, 9.17) is 4.74 Å². The van der Waals surface area contributed by atoms with E-state index in [-0.39, 0.29) is 35.6 Å². The molecule has 2 heterocycles. The van der Waals surface area contributed by atoms with Gasteiger partial charge in [0.2, 0.25) is 5.91 Å². The monoisotopic (exact) mass is 531 g/mol. The fraction of sp³-hybridized carbons (Fsp3) is 0.433. The average Bonchev–Trinajstić information content (AvgIpc) is 3.25. The Kier molecular flexibility index (Phi) is 5.85. The summed E-state index contributed by atoms with van der Waals surface area (Å²) < 4.78 is 6.48. The highest BCUT2D eigenvalue weighted by Crippen LogP contribution is 2.67. The zero-order valence-corrected chi connectivity index (χ0v) is 22.2. The second-order valence-electron chi connectivity index (χ2n) is 11.3. The first-order chi connectivity index (χ1) is 18.6. The first-order valence-corrected chi connectivity index (χ1v) is 13.4. The number of hydrogen-bond donors (Lipinski definition) is 2. The van der Waals surface area contributed by atoms with Gasteiger partial charge in [0.1, 0.15) is 6.10 Å². The number of nitro groups is 1. The van der Waals surface area contributed by atoms with Crippen molar-refractivity contribution in [3.63, 3.8) is 0 Å². The Morgan fingerprint density at radius 3 is 2.87 bits per heavy atom. The third kappa shape index (κ3) is 3.49. The number of aromatic hydroxyl groups is 1. The van der Waals surface area contributed by atoms with Crippen molar-refractivity contribution in [2.24, 2.45) is 0 Å². The van der Waals surface area contributed by atoms with Crippen LogP contribution >= 0.6 is 0 Å². The second-order valence-corrected chi connectivity index (χ2v) is 11.3. The van der Waals surface area contributed by atoms with Crippen molar-refractivity contribution in [2.45, 2.75) is 61.8 Å². The molecule has 9 heteroatoms. The molecule has 1 saturated carbocycles. The molecule has 2 bridgehead atoms. The average molecular weight is 532 g/mol. The van der Waals surface area contributed by atoms with Crippen LogP contribution in [-0.4, -0.2) is 74.8 Å². The van der Waals surface area contributed by atoms with Crippen LogP contribution in [0.15, 0.2) is 49.1 Å². The minimum Gasteiger partial charge on any atom is -0.504 e. The molecule has 1 amide bonds. The maximum atomic E-state index is 13.4. The first kappa shape index (κ1) is 25.6. The Labute approximate surface area is 227 Å². The van der Waals surface area contributed by atoms with E-state index < -0.39 is 28.1 Å². The Hall–Kier alpha value is -3.69. The van der Waals surface area contributed by atoms with Gasteiger partial charge < -0.3 is 19.8 Å². The SMILES string of the molecule is C=CCN1CC[C@]23c4c5c([N+](=O)[O-])cc(O)c4OC2C(N(C)C(=O)/C=C/c2cccc(C)c2)CC[C@@]3(O)[C@H]1C5. The van der Waals surface area contributed by atoms with Gasteiger partial charge in [-0.25, -0.2) is 0 Å². The molecule has 2 aliphatic heterocycles. The topological polar surface area (TPSA) is 116 Å². The number of aryl methyl sites for hydroxylation is 1. The highest BCUT2D eigenvalue weighted by molar-refractivity contribution is 5.92. The van der Waals surface area contributed by atoms with Crippen molar-refractivity contribution in [2.75, 3.05) is 20.1 Å². The lowest BCUT2D eigenvalue weighted by molar-refractivity contribution is -0.386. The number of carbonyl (C=O) groups excluding carboxylic acids is 1. The van der Waals surface area contributed by atoms with Gasteiger partial charge in [0.15, 0.2) is 11.5 Å². The zero-order chi connectivity index (χ0) is 27.7. The number of amides is 1. The molecule has 5 atom stereocenters. The molecule has 2 N–H and O–H groups in total. The summed E-state index contributed by atoms with van der Waals surface area (Å²) in [5.74, 6) is -0.293. The number of phenols is 1. The number of hydrogen-bond acceptors (Lipinski definition) is 7. The fourth-order valence-corrected chi connectivity index (χ4v) is 7.84. The summed E-state index contributed by atoms with van der Waals surface area (Å²) in [7, 11) is 1.73. The first-order valence-electron chi connectivity index (χ1n) is 13.4. The number of nitro benzene ring substituents is 1. The summed E-state index contributed by atoms with van der Waals surface area (Å²) in [6.07, 6.45) is 6.11. The van der Waals surface area contributed by atoms with Crippen LogP contribution < -0.4 is 4.74 Å². The molecule has 0 radical (unpaired) electrons. The number of likely N-dealkylation sites (tertiary alicyclic amines) is 1. The van der Waals surface area contributed by atoms with E-state index in [9.17, 15) is 25.1 Å². The van der Waals surface area contributed by atoms with E-state index >= 15 is 0 Å². The standard InChI is InChI=1S/C30H33N3O6/c1-4-13-32-14-12-29-26-20-16-24(32)30(29,36)11-10-21(28(29)39-27(26)23(34)17-22(20)33(37)38)31(3)25(35)9-8-19-7-5-6-18(2)15-19/h4-9,15,17,21,24,28,34,36H,1,10-14,16H2,2-3H3/b9-8+/t21?,24-,28?,29+,30-/m1/s1. The van der Waals surface area contributed by atoms with E-state index in [1.54, 1.807) is 30.2 Å². The number of rotatable bonds is 6. The largest absolute Gasteiger partial charge is 0.504 e. The van der Waals surface area contributed by atoms with Gasteiger partial charge in [0, 0.05) is 36.8 Å². The Balaban J connectivity index is 1.43. The van der Waals surface area contributed by atoms with Crippen molar-refractivity contribution in [3.8, 4) is 11.5 Å². The predicted molar refractivity (Wildman–Crippen MR) is 146 cm³/mol. The summed E-state index contributed by atoms with van der Waals surface area (Å²) in [5, 5.41) is 35.5. The molecule has 1 spiro atoms. The van der Waals surface area contributed by atoms with E-state index in [1.165, 1.54) is 0 Å². The van der Waals surface area contributed by atoms with Gasteiger partial charge in [-0.05, 0) is 50.8 Å². The van der Waals surface area contributed by atoms with Crippen LogP contribution in [0.4, 0.5) is 5.69 Å². The third-order valence-electron chi connectivity index (χ3n) is 9.51. The van der Waals surface area contributed by atoms with Crippen LogP contribution in [0.5, 0.6) is 11.5 Å². The lowest BCUT2D eigenvalue weighted by Crippen LogP contribution is -2.78. The number of ether oxygens (including phenoxy) is 1. The minimum atomic E-state index is -1.24. The third-order valence-corrected chi connectivity index (χ3v) is 9.51. The van der Waals surface area contributed by atoms with Crippen LogP contribution in [0.3, 0.4) is 0 Å². The molecule has 204 valence electrons. The molecule has 9 nitrogen and oxygen atoms in total. The molecule has 4 aliphatic rings.